The van der Waals surface area contributed by atoms with Gasteiger partial charge < -0.3 is 4.90 Å². The van der Waals surface area contributed by atoms with Crippen molar-refractivity contribution in [1.82, 2.24) is 0 Å². The molecular formula is C58H45N. The SMILES string of the molecule is CC1(C)c2ccccc2-c2cc(N(c3ccc(-c4ccccc4)cc3)c3ccc4c(c3)C(c3ccccc3)(c3ccccc3)C3C=CC=CC43)cc(-c3ccccc3)c21. The summed E-state index contributed by atoms with van der Waals surface area (Å²) in [5, 5.41) is 0. The van der Waals surface area contributed by atoms with Crippen molar-refractivity contribution >= 4 is 17.1 Å². The first kappa shape index (κ1) is 35.2. The lowest BCUT2D eigenvalue weighted by Crippen LogP contribution is -2.35. The van der Waals surface area contributed by atoms with Crippen molar-refractivity contribution in [3.05, 3.63) is 258 Å². The molecule has 8 aromatic carbocycles. The number of nitrogens with zero attached hydrogens (tertiary/aromatic N) is 1. The predicted octanol–water partition coefficient (Wildman–Crippen LogP) is 15.0. The van der Waals surface area contributed by atoms with E-state index in [2.05, 4.69) is 243 Å². The zero-order valence-corrected chi connectivity index (χ0v) is 33.5. The van der Waals surface area contributed by atoms with Crippen molar-refractivity contribution in [2.24, 2.45) is 5.92 Å². The van der Waals surface area contributed by atoms with Crippen molar-refractivity contribution in [1.29, 1.82) is 0 Å². The van der Waals surface area contributed by atoms with Crippen LogP contribution in [0.3, 0.4) is 0 Å². The minimum absolute atomic E-state index is 0.159. The molecular weight excluding hydrogens is 711 g/mol. The number of anilines is 3. The molecule has 1 nitrogen and oxygen atoms in total. The predicted molar refractivity (Wildman–Crippen MR) is 247 cm³/mol. The van der Waals surface area contributed by atoms with Gasteiger partial charge in [-0.05, 0) is 103 Å². The first-order chi connectivity index (χ1) is 29.0. The molecule has 282 valence electrons. The van der Waals surface area contributed by atoms with E-state index in [1.165, 1.54) is 66.8 Å². The number of allylic oxidation sites excluding steroid dienone is 4. The van der Waals surface area contributed by atoms with Gasteiger partial charge in [-0.15, -0.1) is 0 Å². The Morgan fingerprint density at radius 2 is 0.949 bits per heavy atom. The average Bonchev–Trinajstić information content (AvgIpc) is 3.73. The Hall–Kier alpha value is -6.96. The second-order valence-electron chi connectivity index (χ2n) is 16.8. The van der Waals surface area contributed by atoms with E-state index in [-0.39, 0.29) is 17.3 Å². The molecule has 0 bridgehead atoms. The molecule has 3 aliphatic rings. The van der Waals surface area contributed by atoms with Crippen molar-refractivity contribution < 1.29 is 0 Å². The summed E-state index contributed by atoms with van der Waals surface area (Å²) in [5.74, 6) is 0.482. The molecule has 59 heavy (non-hydrogen) atoms. The van der Waals surface area contributed by atoms with Crippen LogP contribution in [-0.2, 0) is 10.8 Å². The lowest BCUT2D eigenvalue weighted by Gasteiger charge is -2.39. The van der Waals surface area contributed by atoms with Crippen molar-refractivity contribution in [2.75, 3.05) is 4.90 Å². The standard InChI is InChI=1S/C58H45N/c1-57(2)53-29-17-15-28-49(53)52-38-47(37-51(56(52)57)42-21-9-4-10-22-42)59(45-33-31-41(32-34-45)40-19-7-3-8-20-40)46-35-36-50-48-27-16-18-30-54(48)58(55(50)39-46,43-23-11-5-12-24-43)44-25-13-6-14-26-44/h3-39,48,54H,1-2H3. The number of rotatable bonds is 7. The summed E-state index contributed by atoms with van der Waals surface area (Å²) in [7, 11) is 0. The van der Waals surface area contributed by atoms with Gasteiger partial charge in [0.25, 0.3) is 0 Å². The highest BCUT2D eigenvalue weighted by atomic mass is 15.1. The van der Waals surface area contributed by atoms with Crippen LogP contribution >= 0.6 is 0 Å². The van der Waals surface area contributed by atoms with Crippen LogP contribution in [0.5, 0.6) is 0 Å². The Bertz CT molecular complexity index is 2850. The molecule has 0 aromatic heterocycles. The summed E-state index contributed by atoms with van der Waals surface area (Å²) in [5.41, 5.74) is 18.5. The van der Waals surface area contributed by atoms with Gasteiger partial charge in [-0.25, -0.2) is 0 Å². The summed E-state index contributed by atoms with van der Waals surface area (Å²) in [6.07, 6.45) is 9.36. The van der Waals surface area contributed by atoms with E-state index in [1.54, 1.807) is 0 Å². The van der Waals surface area contributed by atoms with Gasteiger partial charge in [0.1, 0.15) is 0 Å². The maximum atomic E-state index is 2.52. The highest BCUT2D eigenvalue weighted by Crippen LogP contribution is 2.61. The Morgan fingerprint density at radius 1 is 0.407 bits per heavy atom. The molecule has 0 spiro atoms. The molecule has 0 saturated heterocycles. The van der Waals surface area contributed by atoms with Crippen LogP contribution < -0.4 is 4.90 Å². The van der Waals surface area contributed by atoms with E-state index < -0.39 is 5.41 Å². The monoisotopic (exact) mass is 755 g/mol. The largest absolute Gasteiger partial charge is 0.310 e. The Labute approximate surface area is 348 Å². The molecule has 1 heteroatoms. The molecule has 0 radical (unpaired) electrons. The third-order valence-corrected chi connectivity index (χ3v) is 13.4. The van der Waals surface area contributed by atoms with E-state index in [0.717, 1.165) is 17.1 Å². The van der Waals surface area contributed by atoms with E-state index in [1.807, 2.05) is 0 Å². The minimum atomic E-state index is -0.390. The summed E-state index contributed by atoms with van der Waals surface area (Å²) in [6.45, 7) is 4.78. The zero-order chi connectivity index (χ0) is 39.6. The third kappa shape index (κ3) is 5.45. The lowest BCUT2D eigenvalue weighted by molar-refractivity contribution is 0.457. The highest BCUT2D eigenvalue weighted by molar-refractivity contribution is 5.93. The van der Waals surface area contributed by atoms with E-state index in [9.17, 15) is 0 Å². The second-order valence-corrected chi connectivity index (χ2v) is 16.8. The van der Waals surface area contributed by atoms with Gasteiger partial charge in [-0.2, -0.15) is 0 Å². The molecule has 2 unspecified atom stereocenters. The molecule has 3 aliphatic carbocycles. The Kier molecular flexibility index (Phi) is 8.27. The molecule has 0 fully saturated rings. The molecule has 11 rings (SSSR count). The van der Waals surface area contributed by atoms with Crippen molar-refractivity contribution in [3.8, 4) is 33.4 Å². The van der Waals surface area contributed by atoms with Crippen LogP contribution in [0, 0.1) is 5.92 Å². The van der Waals surface area contributed by atoms with E-state index in [4.69, 9.17) is 0 Å². The van der Waals surface area contributed by atoms with Crippen LogP contribution in [0.25, 0.3) is 33.4 Å². The fourth-order valence-electron chi connectivity index (χ4n) is 10.8. The number of benzene rings is 8. The van der Waals surface area contributed by atoms with Gasteiger partial charge in [-0.1, -0.05) is 202 Å². The lowest BCUT2D eigenvalue weighted by atomic mass is 9.63. The van der Waals surface area contributed by atoms with Crippen LogP contribution in [0.2, 0.25) is 0 Å². The maximum absolute atomic E-state index is 2.52. The second kappa shape index (κ2) is 13.9. The van der Waals surface area contributed by atoms with Gasteiger partial charge in [0.05, 0.1) is 5.41 Å². The summed E-state index contributed by atoms with van der Waals surface area (Å²) in [4.78, 5) is 2.50. The Morgan fingerprint density at radius 3 is 1.63 bits per heavy atom. The summed E-state index contributed by atoms with van der Waals surface area (Å²) >= 11 is 0. The van der Waals surface area contributed by atoms with E-state index in [0.29, 0.717) is 0 Å². The molecule has 2 atom stereocenters. The molecule has 8 aromatic rings. The van der Waals surface area contributed by atoms with Crippen molar-refractivity contribution in [3.63, 3.8) is 0 Å². The summed E-state index contributed by atoms with van der Waals surface area (Å²) < 4.78 is 0. The fourth-order valence-corrected chi connectivity index (χ4v) is 10.8. The quantitative estimate of drug-likeness (QED) is 0.157. The maximum Gasteiger partial charge on any atom is 0.0526 e. The van der Waals surface area contributed by atoms with Gasteiger partial charge in [-0.3, -0.25) is 0 Å². The molecule has 0 aliphatic heterocycles. The van der Waals surface area contributed by atoms with Crippen LogP contribution in [-0.4, -0.2) is 0 Å². The third-order valence-electron chi connectivity index (χ3n) is 13.4. The van der Waals surface area contributed by atoms with Crippen molar-refractivity contribution in [2.45, 2.75) is 30.6 Å². The molecule has 0 amide bonds. The van der Waals surface area contributed by atoms with Crippen LogP contribution in [0.1, 0.15) is 53.1 Å². The molecule has 0 N–H and O–H groups in total. The summed E-state index contributed by atoms with van der Waals surface area (Å²) in [6, 6.07) is 74.5. The first-order valence-corrected chi connectivity index (χ1v) is 20.9. The topological polar surface area (TPSA) is 3.24 Å². The molecule has 0 saturated carbocycles. The first-order valence-electron chi connectivity index (χ1n) is 20.9. The van der Waals surface area contributed by atoms with Crippen LogP contribution in [0.4, 0.5) is 17.1 Å². The fraction of sp³-hybridized carbons (Fsp3) is 0.103. The normalized spacial score (nSPS) is 17.5. The number of hydrogen-bond donors (Lipinski definition) is 0. The van der Waals surface area contributed by atoms with Gasteiger partial charge in [0.15, 0.2) is 0 Å². The zero-order valence-electron chi connectivity index (χ0n) is 33.5. The van der Waals surface area contributed by atoms with Gasteiger partial charge >= 0.3 is 0 Å². The molecule has 0 heterocycles. The van der Waals surface area contributed by atoms with E-state index >= 15 is 0 Å². The van der Waals surface area contributed by atoms with Gasteiger partial charge in [0.2, 0.25) is 0 Å². The van der Waals surface area contributed by atoms with Gasteiger partial charge in [0, 0.05) is 34.3 Å². The number of hydrogen-bond acceptors (Lipinski definition) is 1. The smallest absolute Gasteiger partial charge is 0.0526 e. The van der Waals surface area contributed by atoms with Crippen LogP contribution in [0.15, 0.2) is 224 Å². The minimum Gasteiger partial charge on any atom is -0.310 e. The Balaban J connectivity index is 1.19. The average molecular weight is 756 g/mol. The highest BCUT2D eigenvalue weighted by Gasteiger charge is 2.53. The number of fused-ring (bicyclic) bond motifs is 6.